The summed E-state index contributed by atoms with van der Waals surface area (Å²) >= 11 is 0. The predicted molar refractivity (Wildman–Crippen MR) is 65.1 cm³/mol. The van der Waals surface area contributed by atoms with E-state index in [0.717, 1.165) is 38.5 Å². The zero-order valence-corrected chi connectivity index (χ0v) is 9.84. The highest BCUT2D eigenvalue weighted by atomic mass is 16.5. The van der Waals surface area contributed by atoms with Crippen molar-refractivity contribution >= 4 is 11.6 Å². The van der Waals surface area contributed by atoms with Crippen molar-refractivity contribution in [1.82, 2.24) is 10.2 Å². The quantitative estimate of drug-likeness (QED) is 0.784. The Hall–Kier alpha value is -1.39. The molecule has 2 rings (SSSR count). The van der Waals surface area contributed by atoms with Crippen LogP contribution in [-0.4, -0.2) is 43.7 Å². The molecule has 91 valence electrons. The van der Waals surface area contributed by atoms with Gasteiger partial charge in [0, 0.05) is 26.1 Å². The van der Waals surface area contributed by atoms with E-state index in [1.807, 2.05) is 30.3 Å². The maximum atomic E-state index is 11.6. The van der Waals surface area contributed by atoms with Crippen molar-refractivity contribution in [3.63, 3.8) is 0 Å². The van der Waals surface area contributed by atoms with Gasteiger partial charge in [0.1, 0.15) is 0 Å². The lowest BCUT2D eigenvalue weighted by Gasteiger charge is -2.25. The lowest BCUT2D eigenvalue weighted by molar-refractivity contribution is -0.120. The van der Waals surface area contributed by atoms with Gasteiger partial charge in [0.25, 0.3) is 0 Å². The number of nitrogens with zero attached hydrogens (tertiary/aromatic N) is 2. The van der Waals surface area contributed by atoms with Crippen molar-refractivity contribution in [3.8, 4) is 0 Å². The third-order valence-electron chi connectivity index (χ3n) is 2.76. The number of morpholine rings is 1. The van der Waals surface area contributed by atoms with E-state index in [9.17, 15) is 4.79 Å². The lowest BCUT2D eigenvalue weighted by Crippen LogP contribution is -2.37. The molecule has 0 aliphatic carbocycles. The van der Waals surface area contributed by atoms with Gasteiger partial charge < -0.3 is 4.74 Å². The minimum Gasteiger partial charge on any atom is -0.379 e. The Kier molecular flexibility index (Phi) is 4.53. The molecule has 1 fully saturated rings. The van der Waals surface area contributed by atoms with E-state index in [0.29, 0.717) is 6.42 Å². The van der Waals surface area contributed by atoms with Crippen LogP contribution in [0.4, 0.5) is 5.69 Å². The molecule has 4 heteroatoms. The van der Waals surface area contributed by atoms with Gasteiger partial charge in [-0.15, -0.1) is 0 Å². The normalized spacial score (nSPS) is 16.7. The minimum absolute atomic E-state index is 0.0531. The second kappa shape index (κ2) is 6.37. The second-order valence-electron chi connectivity index (χ2n) is 4.05. The summed E-state index contributed by atoms with van der Waals surface area (Å²) in [6.07, 6.45) is 0.481. The van der Waals surface area contributed by atoms with Crippen LogP contribution in [0.15, 0.2) is 30.3 Å². The number of carbonyl (C=O) groups is 1. The molecule has 1 amide bonds. The van der Waals surface area contributed by atoms with Crippen LogP contribution < -0.4 is 5.32 Å². The number of rotatable bonds is 4. The standard InChI is InChI=1S/C13H17N2O2/c16-13(14-12-4-2-1-3-5-12)6-7-15-8-10-17-11-9-15/h1-5H,6-11H2. The molecular formula is C13H17N2O2. The summed E-state index contributed by atoms with van der Waals surface area (Å²) in [7, 11) is 0. The van der Waals surface area contributed by atoms with Gasteiger partial charge in [-0.2, -0.15) is 0 Å². The van der Waals surface area contributed by atoms with E-state index >= 15 is 0 Å². The van der Waals surface area contributed by atoms with E-state index in [1.54, 1.807) is 0 Å². The molecule has 0 spiro atoms. The highest BCUT2D eigenvalue weighted by molar-refractivity contribution is 5.80. The maximum absolute atomic E-state index is 11.6. The zero-order chi connectivity index (χ0) is 11.9. The number of benzene rings is 1. The monoisotopic (exact) mass is 233 g/mol. The maximum Gasteiger partial charge on any atom is 0.247 e. The van der Waals surface area contributed by atoms with Crippen molar-refractivity contribution in [3.05, 3.63) is 30.3 Å². The lowest BCUT2D eigenvalue weighted by atomic mass is 10.3. The molecule has 0 saturated carbocycles. The van der Waals surface area contributed by atoms with Crippen LogP contribution in [0.25, 0.3) is 0 Å². The predicted octanol–water partition coefficient (Wildman–Crippen LogP) is 1.17. The first-order valence-corrected chi connectivity index (χ1v) is 5.94. The molecule has 1 aliphatic rings. The van der Waals surface area contributed by atoms with Crippen molar-refractivity contribution in [2.45, 2.75) is 6.42 Å². The topological polar surface area (TPSA) is 43.6 Å². The molecular weight excluding hydrogens is 216 g/mol. The molecule has 0 bridgehead atoms. The number of hydrogen-bond donors (Lipinski definition) is 0. The number of amides is 1. The van der Waals surface area contributed by atoms with E-state index in [-0.39, 0.29) is 5.91 Å². The molecule has 1 aromatic carbocycles. The van der Waals surface area contributed by atoms with Crippen LogP contribution >= 0.6 is 0 Å². The summed E-state index contributed by atoms with van der Waals surface area (Å²) in [6.45, 7) is 4.14. The first-order chi connectivity index (χ1) is 8.34. The first-order valence-electron chi connectivity index (χ1n) is 5.94. The fourth-order valence-electron chi connectivity index (χ4n) is 1.78. The highest BCUT2D eigenvalue weighted by Crippen LogP contribution is 2.06. The van der Waals surface area contributed by atoms with Gasteiger partial charge in [0.2, 0.25) is 5.91 Å². The molecule has 1 radical (unpaired) electrons. The molecule has 4 nitrogen and oxygen atoms in total. The SMILES string of the molecule is O=C(CCN1CCOCC1)[N]c1ccccc1. The summed E-state index contributed by atoms with van der Waals surface area (Å²) in [5.41, 5.74) is 0.736. The Labute approximate surface area is 102 Å². The van der Waals surface area contributed by atoms with Crippen LogP contribution in [0.3, 0.4) is 0 Å². The molecule has 0 atom stereocenters. The number of para-hydroxylation sites is 1. The number of ether oxygens (including phenoxy) is 1. The van der Waals surface area contributed by atoms with E-state index < -0.39 is 0 Å². The third-order valence-corrected chi connectivity index (χ3v) is 2.76. The third kappa shape index (κ3) is 4.17. The van der Waals surface area contributed by atoms with E-state index in [1.165, 1.54) is 0 Å². The van der Waals surface area contributed by atoms with Gasteiger partial charge in [-0.05, 0) is 12.1 Å². The number of hydrogen-bond acceptors (Lipinski definition) is 3. The average Bonchev–Trinajstić information content (AvgIpc) is 2.39. The van der Waals surface area contributed by atoms with Crippen LogP contribution in [0.1, 0.15) is 6.42 Å². The molecule has 1 heterocycles. The number of carbonyl (C=O) groups excluding carboxylic acids is 1. The summed E-state index contributed by atoms with van der Waals surface area (Å²) in [5, 5.41) is 4.05. The van der Waals surface area contributed by atoms with Gasteiger partial charge >= 0.3 is 0 Å². The Morgan fingerprint density at radius 1 is 1.24 bits per heavy atom. The largest absolute Gasteiger partial charge is 0.379 e. The van der Waals surface area contributed by atoms with Crippen molar-refractivity contribution in [2.24, 2.45) is 0 Å². The molecule has 0 aromatic heterocycles. The van der Waals surface area contributed by atoms with Crippen LogP contribution in [0.2, 0.25) is 0 Å². The Morgan fingerprint density at radius 2 is 1.94 bits per heavy atom. The molecule has 1 saturated heterocycles. The Balaban J connectivity index is 1.70. The van der Waals surface area contributed by atoms with Crippen LogP contribution in [-0.2, 0) is 9.53 Å². The summed E-state index contributed by atoms with van der Waals surface area (Å²) < 4.78 is 5.25. The fraction of sp³-hybridized carbons (Fsp3) is 0.462. The average molecular weight is 233 g/mol. The van der Waals surface area contributed by atoms with E-state index in [2.05, 4.69) is 10.2 Å². The molecule has 0 N–H and O–H groups in total. The van der Waals surface area contributed by atoms with Crippen molar-refractivity contribution in [1.29, 1.82) is 0 Å². The summed E-state index contributed by atoms with van der Waals surface area (Å²) in [6, 6.07) is 9.36. The van der Waals surface area contributed by atoms with E-state index in [4.69, 9.17) is 4.74 Å². The first kappa shape index (κ1) is 12.1. The molecule has 1 aliphatic heterocycles. The summed E-state index contributed by atoms with van der Waals surface area (Å²) in [4.78, 5) is 13.9. The molecule has 17 heavy (non-hydrogen) atoms. The van der Waals surface area contributed by atoms with Crippen molar-refractivity contribution in [2.75, 3.05) is 32.8 Å². The van der Waals surface area contributed by atoms with Crippen molar-refractivity contribution < 1.29 is 9.53 Å². The van der Waals surface area contributed by atoms with Crippen LogP contribution in [0, 0.1) is 0 Å². The second-order valence-corrected chi connectivity index (χ2v) is 4.05. The smallest absolute Gasteiger partial charge is 0.247 e. The summed E-state index contributed by atoms with van der Waals surface area (Å²) in [5.74, 6) is -0.0531. The van der Waals surface area contributed by atoms with Crippen LogP contribution in [0.5, 0.6) is 0 Å². The van der Waals surface area contributed by atoms with Gasteiger partial charge in [0.15, 0.2) is 0 Å². The molecule has 0 unspecified atom stereocenters. The van der Waals surface area contributed by atoms with Gasteiger partial charge in [-0.25, -0.2) is 5.32 Å². The van der Waals surface area contributed by atoms with Gasteiger partial charge in [-0.3, -0.25) is 9.69 Å². The minimum atomic E-state index is -0.0531. The zero-order valence-electron chi connectivity index (χ0n) is 9.84. The highest BCUT2D eigenvalue weighted by Gasteiger charge is 2.12. The Bertz CT molecular complexity index is 348. The fourth-order valence-corrected chi connectivity index (χ4v) is 1.78. The van der Waals surface area contributed by atoms with Gasteiger partial charge in [0.05, 0.1) is 18.9 Å². The Morgan fingerprint density at radius 3 is 2.65 bits per heavy atom. The molecule has 1 aromatic rings. The van der Waals surface area contributed by atoms with Gasteiger partial charge in [-0.1, -0.05) is 18.2 Å².